The molecule has 3 rings (SSSR count). The number of unbranched alkanes of at least 4 members (excludes halogenated alkanes) is 2. The van der Waals surface area contributed by atoms with Crippen molar-refractivity contribution in [3.8, 4) is 0 Å². The van der Waals surface area contributed by atoms with Gasteiger partial charge in [0, 0.05) is 19.6 Å². The quantitative estimate of drug-likeness (QED) is 0.289. The van der Waals surface area contributed by atoms with Gasteiger partial charge in [-0.05, 0) is 68.6 Å². The molecule has 0 aliphatic rings. The van der Waals surface area contributed by atoms with E-state index in [0.717, 1.165) is 32.7 Å². The third-order valence-electron chi connectivity index (χ3n) is 5.75. The molecule has 2 N–H and O–H groups in total. The topological polar surface area (TPSA) is 27.3 Å². The summed E-state index contributed by atoms with van der Waals surface area (Å²) >= 11 is 0. The van der Waals surface area contributed by atoms with E-state index in [1.54, 1.807) is 0 Å². The summed E-state index contributed by atoms with van der Waals surface area (Å²) in [6, 6.07) is 32.2. The van der Waals surface area contributed by atoms with E-state index in [-0.39, 0.29) is 0 Å². The van der Waals surface area contributed by atoms with Crippen LogP contribution in [0.5, 0.6) is 0 Å². The van der Waals surface area contributed by atoms with Gasteiger partial charge >= 0.3 is 0 Å². The number of hydrogen-bond acceptors (Lipinski definition) is 3. The van der Waals surface area contributed by atoms with E-state index in [1.807, 2.05) is 0 Å². The highest BCUT2D eigenvalue weighted by Gasteiger charge is 2.06. The lowest BCUT2D eigenvalue weighted by atomic mass is 10.1. The van der Waals surface area contributed by atoms with Crippen molar-refractivity contribution in [1.29, 1.82) is 0 Å². The fourth-order valence-corrected chi connectivity index (χ4v) is 3.94. The van der Waals surface area contributed by atoms with Crippen molar-refractivity contribution in [3.05, 3.63) is 108 Å². The zero-order valence-corrected chi connectivity index (χ0v) is 19.4. The standard InChI is InChI=1S/C29H39N3/c1-4-14-27(15-5-1)24-30-20-10-12-22-32(26-29-18-8-3-9-19-29)23-13-11-21-31-25-28-16-6-2-7-17-28/h1-9,14-19,30-31H,10-13,20-26H2. The molecule has 3 aromatic rings. The zero-order chi connectivity index (χ0) is 22.1. The van der Waals surface area contributed by atoms with Crippen molar-refractivity contribution in [1.82, 2.24) is 15.5 Å². The van der Waals surface area contributed by atoms with Crippen LogP contribution in [0.25, 0.3) is 0 Å². The molecule has 0 saturated heterocycles. The average molecular weight is 430 g/mol. The van der Waals surface area contributed by atoms with E-state index < -0.39 is 0 Å². The molecule has 3 heteroatoms. The molecule has 0 aliphatic heterocycles. The zero-order valence-electron chi connectivity index (χ0n) is 19.4. The number of benzene rings is 3. The predicted molar refractivity (Wildman–Crippen MR) is 136 cm³/mol. The molecule has 3 nitrogen and oxygen atoms in total. The van der Waals surface area contributed by atoms with Gasteiger partial charge in [0.25, 0.3) is 0 Å². The van der Waals surface area contributed by atoms with E-state index >= 15 is 0 Å². The van der Waals surface area contributed by atoms with Gasteiger partial charge in [0.15, 0.2) is 0 Å². The maximum Gasteiger partial charge on any atom is 0.0233 e. The summed E-state index contributed by atoms with van der Waals surface area (Å²) in [7, 11) is 0. The Morgan fingerprint density at radius 3 is 1.31 bits per heavy atom. The van der Waals surface area contributed by atoms with E-state index in [0.29, 0.717) is 0 Å². The molecule has 0 aliphatic carbocycles. The van der Waals surface area contributed by atoms with Gasteiger partial charge in [0.1, 0.15) is 0 Å². The molecule has 170 valence electrons. The van der Waals surface area contributed by atoms with Gasteiger partial charge in [-0.15, -0.1) is 0 Å². The Bertz CT molecular complexity index is 769. The van der Waals surface area contributed by atoms with Crippen LogP contribution in [-0.2, 0) is 19.6 Å². The molecule has 3 aromatic carbocycles. The minimum Gasteiger partial charge on any atom is -0.313 e. The maximum atomic E-state index is 3.58. The Kier molecular flexibility index (Phi) is 11.6. The van der Waals surface area contributed by atoms with Crippen LogP contribution >= 0.6 is 0 Å². The molecule has 32 heavy (non-hydrogen) atoms. The SMILES string of the molecule is c1ccc(CNCCCCN(CCCCNCc2ccccc2)Cc2ccccc2)cc1. The first kappa shape index (κ1) is 24.2. The maximum absolute atomic E-state index is 3.58. The van der Waals surface area contributed by atoms with E-state index in [2.05, 4.69) is 107 Å². The molecule has 0 aromatic heterocycles. The highest BCUT2D eigenvalue weighted by molar-refractivity contribution is 5.15. The Morgan fingerprint density at radius 1 is 0.469 bits per heavy atom. The molecule has 0 saturated carbocycles. The molecule has 0 fully saturated rings. The lowest BCUT2D eigenvalue weighted by Crippen LogP contribution is -2.27. The first-order chi connectivity index (χ1) is 15.9. The monoisotopic (exact) mass is 429 g/mol. The summed E-state index contributed by atoms with van der Waals surface area (Å²) < 4.78 is 0. The third kappa shape index (κ3) is 10.2. The van der Waals surface area contributed by atoms with Crippen molar-refractivity contribution < 1.29 is 0 Å². The smallest absolute Gasteiger partial charge is 0.0233 e. The van der Waals surface area contributed by atoms with Gasteiger partial charge < -0.3 is 10.6 Å². The van der Waals surface area contributed by atoms with Crippen LogP contribution in [0.2, 0.25) is 0 Å². The first-order valence-corrected chi connectivity index (χ1v) is 12.2. The molecular weight excluding hydrogens is 390 g/mol. The van der Waals surface area contributed by atoms with Gasteiger partial charge in [-0.25, -0.2) is 0 Å². The molecule has 0 heterocycles. The summed E-state index contributed by atoms with van der Waals surface area (Å²) in [4.78, 5) is 2.63. The molecule has 0 amide bonds. The van der Waals surface area contributed by atoms with Gasteiger partial charge in [-0.3, -0.25) is 4.90 Å². The van der Waals surface area contributed by atoms with Crippen molar-refractivity contribution in [2.24, 2.45) is 0 Å². The number of rotatable bonds is 16. The molecular formula is C29H39N3. The lowest BCUT2D eigenvalue weighted by molar-refractivity contribution is 0.253. The largest absolute Gasteiger partial charge is 0.313 e. The second-order valence-electron chi connectivity index (χ2n) is 8.50. The van der Waals surface area contributed by atoms with Gasteiger partial charge in [-0.2, -0.15) is 0 Å². The van der Waals surface area contributed by atoms with Gasteiger partial charge in [0.05, 0.1) is 0 Å². The summed E-state index contributed by atoms with van der Waals surface area (Å²) in [5.74, 6) is 0. The summed E-state index contributed by atoms with van der Waals surface area (Å²) in [5.41, 5.74) is 4.13. The second kappa shape index (κ2) is 15.4. The highest BCUT2D eigenvalue weighted by atomic mass is 15.1. The average Bonchev–Trinajstić information content (AvgIpc) is 2.85. The van der Waals surface area contributed by atoms with Crippen LogP contribution in [0, 0.1) is 0 Å². The normalized spacial score (nSPS) is 11.2. The summed E-state index contributed by atoms with van der Waals surface area (Å²) in [6.45, 7) is 7.47. The fourth-order valence-electron chi connectivity index (χ4n) is 3.94. The second-order valence-corrected chi connectivity index (χ2v) is 8.50. The van der Waals surface area contributed by atoms with Crippen LogP contribution in [0.3, 0.4) is 0 Å². The van der Waals surface area contributed by atoms with Crippen molar-refractivity contribution in [3.63, 3.8) is 0 Å². The first-order valence-electron chi connectivity index (χ1n) is 12.2. The number of hydrogen-bond donors (Lipinski definition) is 2. The van der Waals surface area contributed by atoms with Crippen LogP contribution in [0.1, 0.15) is 42.4 Å². The molecule has 0 radical (unpaired) electrons. The minimum atomic E-state index is 0.963. The molecule has 0 atom stereocenters. The molecule has 0 unspecified atom stereocenters. The molecule has 0 spiro atoms. The minimum absolute atomic E-state index is 0.963. The Labute approximate surface area is 194 Å². The Balaban J connectivity index is 1.31. The van der Waals surface area contributed by atoms with Crippen molar-refractivity contribution in [2.45, 2.75) is 45.3 Å². The van der Waals surface area contributed by atoms with Crippen LogP contribution in [0.4, 0.5) is 0 Å². The van der Waals surface area contributed by atoms with E-state index in [1.165, 1.54) is 55.5 Å². The third-order valence-corrected chi connectivity index (χ3v) is 5.75. The van der Waals surface area contributed by atoms with Gasteiger partial charge in [-0.1, -0.05) is 91.0 Å². The highest BCUT2D eigenvalue weighted by Crippen LogP contribution is 2.08. The fraction of sp³-hybridized carbons (Fsp3) is 0.379. The Morgan fingerprint density at radius 2 is 0.875 bits per heavy atom. The Hall–Kier alpha value is -2.46. The van der Waals surface area contributed by atoms with Crippen LogP contribution in [-0.4, -0.2) is 31.1 Å². The number of nitrogens with zero attached hydrogens (tertiary/aromatic N) is 1. The summed E-state index contributed by atoms with van der Waals surface area (Å²) in [5, 5.41) is 7.16. The predicted octanol–water partition coefficient (Wildman–Crippen LogP) is 5.63. The molecule has 0 bridgehead atoms. The summed E-state index contributed by atoms with van der Waals surface area (Å²) in [6.07, 6.45) is 4.91. The van der Waals surface area contributed by atoms with Crippen molar-refractivity contribution in [2.75, 3.05) is 26.2 Å². The van der Waals surface area contributed by atoms with Crippen LogP contribution in [0.15, 0.2) is 91.0 Å². The lowest BCUT2D eigenvalue weighted by Gasteiger charge is -2.22. The van der Waals surface area contributed by atoms with Crippen molar-refractivity contribution >= 4 is 0 Å². The van der Waals surface area contributed by atoms with Crippen LogP contribution < -0.4 is 10.6 Å². The van der Waals surface area contributed by atoms with E-state index in [9.17, 15) is 0 Å². The number of nitrogens with one attached hydrogen (secondary N) is 2. The van der Waals surface area contributed by atoms with Gasteiger partial charge in [0.2, 0.25) is 0 Å². The van der Waals surface area contributed by atoms with E-state index in [4.69, 9.17) is 0 Å².